The molecule has 2 N–H and O–H groups in total. The van der Waals surface area contributed by atoms with Gasteiger partial charge in [0, 0.05) is 17.1 Å². The quantitative estimate of drug-likeness (QED) is 0.336. The zero-order valence-corrected chi connectivity index (χ0v) is 14.7. The van der Waals surface area contributed by atoms with Crippen molar-refractivity contribution in [2.45, 2.75) is 51.6 Å². The van der Waals surface area contributed by atoms with E-state index in [1.807, 2.05) is 6.92 Å². The topological polar surface area (TPSA) is 102 Å². The molecule has 0 amide bonds. The third-order valence-electron chi connectivity index (χ3n) is 5.92. The number of carbonyl (C=O) groups is 2. The van der Waals surface area contributed by atoms with E-state index in [2.05, 4.69) is 0 Å². The minimum Gasteiger partial charge on any atom is -0.458 e. The Labute approximate surface area is 150 Å². The smallest absolute Gasteiger partial charge is 0.338 e. The fourth-order valence-corrected chi connectivity index (χ4v) is 4.51. The van der Waals surface area contributed by atoms with Gasteiger partial charge in [-0.1, -0.05) is 6.92 Å². The van der Waals surface area contributed by atoms with Crippen molar-refractivity contribution in [3.05, 3.63) is 34.6 Å². The molecule has 0 unspecified atom stereocenters. The van der Waals surface area contributed by atoms with E-state index in [0.29, 0.717) is 5.57 Å². The zero-order valence-electron chi connectivity index (χ0n) is 14.7. The monoisotopic (exact) mass is 362 g/mol. The number of carbonyl (C=O) groups excluding carboxylic acids is 2. The highest BCUT2D eigenvalue weighted by Crippen LogP contribution is 2.54. The summed E-state index contributed by atoms with van der Waals surface area (Å²) in [6.07, 6.45) is 2.84. The molecule has 1 saturated heterocycles. The van der Waals surface area contributed by atoms with Crippen LogP contribution in [0.4, 0.5) is 0 Å². The highest BCUT2D eigenvalue weighted by atomic mass is 16.7. The third-order valence-corrected chi connectivity index (χ3v) is 5.92. The lowest BCUT2D eigenvalue weighted by atomic mass is 9.71. The van der Waals surface area contributed by atoms with E-state index in [1.54, 1.807) is 6.92 Å². The van der Waals surface area contributed by atoms with Crippen molar-refractivity contribution < 1.29 is 34.0 Å². The standard InChI is InChI=1S/C19H22O7/c1-9-6-12(25-17(9)22)24-7-11-13-15(21)10-4-3-5-19(2,8-20)14(10)16(13)26-18(11)23/h6-7,12-13,15-16,20-21H,3-5,8H2,1-2H3/b11-7+/t12-,13+,15-,16+,19+/m1/s1. The normalized spacial score (nSPS) is 40.3. The van der Waals surface area contributed by atoms with Gasteiger partial charge in [0.15, 0.2) is 0 Å². The summed E-state index contributed by atoms with van der Waals surface area (Å²) in [5.41, 5.74) is 1.89. The van der Waals surface area contributed by atoms with Crippen molar-refractivity contribution >= 4 is 11.9 Å². The SMILES string of the molecule is CC1=C[C@H](O/C=C2/C(=O)O[C@@H]3C4=C(CCC[C@@]4(C)CO)[C@@H](O)[C@H]23)OC1=O. The number of ether oxygens (including phenoxy) is 3. The van der Waals surface area contributed by atoms with Crippen LogP contribution in [0.15, 0.2) is 34.6 Å². The van der Waals surface area contributed by atoms with Gasteiger partial charge >= 0.3 is 11.9 Å². The van der Waals surface area contributed by atoms with Crippen LogP contribution in [-0.4, -0.2) is 47.3 Å². The first-order chi connectivity index (χ1) is 12.4. The van der Waals surface area contributed by atoms with Gasteiger partial charge in [0.2, 0.25) is 0 Å². The van der Waals surface area contributed by atoms with Crippen molar-refractivity contribution in [1.82, 2.24) is 0 Å². The molecule has 26 heavy (non-hydrogen) atoms. The lowest BCUT2D eigenvalue weighted by molar-refractivity contribution is -0.152. The minimum atomic E-state index is -0.884. The minimum absolute atomic E-state index is 0.0586. The van der Waals surface area contributed by atoms with E-state index in [9.17, 15) is 19.8 Å². The number of rotatable bonds is 3. The van der Waals surface area contributed by atoms with Crippen LogP contribution in [0.5, 0.6) is 0 Å². The van der Waals surface area contributed by atoms with E-state index in [1.165, 1.54) is 12.3 Å². The average molecular weight is 362 g/mol. The summed E-state index contributed by atoms with van der Waals surface area (Å²) in [6, 6.07) is 0. The van der Waals surface area contributed by atoms with Gasteiger partial charge in [-0.15, -0.1) is 0 Å². The first-order valence-electron chi connectivity index (χ1n) is 8.84. The Morgan fingerprint density at radius 1 is 1.35 bits per heavy atom. The molecule has 0 aromatic rings. The number of hydrogen-bond donors (Lipinski definition) is 2. The van der Waals surface area contributed by atoms with Crippen LogP contribution in [0.25, 0.3) is 0 Å². The molecule has 0 bridgehead atoms. The predicted octanol–water partition coefficient (Wildman–Crippen LogP) is 1.11. The third kappa shape index (κ3) is 2.41. The first kappa shape index (κ1) is 17.3. The van der Waals surface area contributed by atoms with Gasteiger partial charge in [-0.05, 0) is 37.3 Å². The molecule has 7 nitrogen and oxygen atoms in total. The summed E-state index contributed by atoms with van der Waals surface area (Å²) in [5, 5.41) is 20.7. The molecular weight excluding hydrogens is 340 g/mol. The van der Waals surface area contributed by atoms with Crippen molar-refractivity contribution in [1.29, 1.82) is 0 Å². The van der Waals surface area contributed by atoms with E-state index < -0.39 is 41.8 Å². The maximum atomic E-state index is 12.4. The van der Waals surface area contributed by atoms with Gasteiger partial charge in [0.05, 0.1) is 30.5 Å². The Balaban J connectivity index is 1.61. The molecule has 2 aliphatic carbocycles. The van der Waals surface area contributed by atoms with Crippen LogP contribution in [-0.2, 0) is 23.8 Å². The largest absolute Gasteiger partial charge is 0.458 e. The number of aliphatic hydroxyl groups is 2. The van der Waals surface area contributed by atoms with Gasteiger partial charge in [0.25, 0.3) is 6.29 Å². The summed E-state index contributed by atoms with van der Waals surface area (Å²) >= 11 is 0. The molecule has 0 saturated carbocycles. The predicted molar refractivity (Wildman–Crippen MR) is 88.3 cm³/mol. The van der Waals surface area contributed by atoms with Crippen molar-refractivity contribution in [2.75, 3.05) is 6.61 Å². The molecule has 4 rings (SSSR count). The maximum absolute atomic E-state index is 12.4. The summed E-state index contributed by atoms with van der Waals surface area (Å²) < 4.78 is 16.0. The first-order valence-corrected chi connectivity index (χ1v) is 8.84. The van der Waals surface area contributed by atoms with Gasteiger partial charge in [-0.3, -0.25) is 0 Å². The van der Waals surface area contributed by atoms with Crippen LogP contribution < -0.4 is 0 Å². The van der Waals surface area contributed by atoms with Gasteiger partial charge in [0.1, 0.15) is 6.10 Å². The zero-order chi connectivity index (χ0) is 18.6. The van der Waals surface area contributed by atoms with Gasteiger partial charge in [-0.25, -0.2) is 9.59 Å². The Hall–Kier alpha value is -2.12. The Kier molecular flexibility index (Phi) is 3.96. The maximum Gasteiger partial charge on any atom is 0.338 e. The number of aliphatic hydroxyl groups excluding tert-OH is 2. The summed E-state index contributed by atoms with van der Waals surface area (Å²) in [6.45, 7) is 3.50. The van der Waals surface area contributed by atoms with Crippen molar-refractivity contribution in [2.24, 2.45) is 11.3 Å². The fraction of sp³-hybridized carbons (Fsp3) is 0.579. The summed E-state index contributed by atoms with van der Waals surface area (Å²) in [4.78, 5) is 23.8. The molecule has 5 atom stereocenters. The number of cyclic esters (lactones) is 1. The molecular formula is C19H22O7. The number of esters is 2. The highest BCUT2D eigenvalue weighted by Gasteiger charge is 2.57. The summed E-state index contributed by atoms with van der Waals surface area (Å²) in [5.74, 6) is -1.57. The summed E-state index contributed by atoms with van der Waals surface area (Å²) in [7, 11) is 0. The van der Waals surface area contributed by atoms with Gasteiger partial charge < -0.3 is 24.4 Å². The lowest BCUT2D eigenvalue weighted by Crippen LogP contribution is -2.33. The van der Waals surface area contributed by atoms with Crippen LogP contribution in [0.3, 0.4) is 0 Å². The van der Waals surface area contributed by atoms with Crippen LogP contribution >= 0.6 is 0 Å². The van der Waals surface area contributed by atoms with E-state index in [0.717, 1.165) is 30.4 Å². The van der Waals surface area contributed by atoms with Crippen LogP contribution in [0.1, 0.15) is 33.1 Å². The Morgan fingerprint density at radius 2 is 2.12 bits per heavy atom. The lowest BCUT2D eigenvalue weighted by Gasteiger charge is -2.36. The Morgan fingerprint density at radius 3 is 2.77 bits per heavy atom. The number of hydrogen-bond acceptors (Lipinski definition) is 7. The molecule has 0 aromatic carbocycles. The second kappa shape index (κ2) is 5.96. The van der Waals surface area contributed by atoms with Crippen LogP contribution in [0, 0.1) is 11.3 Å². The fourth-order valence-electron chi connectivity index (χ4n) is 4.51. The van der Waals surface area contributed by atoms with E-state index >= 15 is 0 Å². The van der Waals surface area contributed by atoms with Crippen molar-refractivity contribution in [3.63, 3.8) is 0 Å². The molecule has 0 radical (unpaired) electrons. The molecule has 0 aromatic heterocycles. The number of fused-ring (bicyclic) bond motifs is 2. The second-order valence-electron chi connectivity index (χ2n) is 7.64. The van der Waals surface area contributed by atoms with Crippen molar-refractivity contribution in [3.8, 4) is 0 Å². The molecule has 2 heterocycles. The molecule has 140 valence electrons. The molecule has 0 spiro atoms. The molecule has 2 aliphatic heterocycles. The highest BCUT2D eigenvalue weighted by molar-refractivity contribution is 5.93. The average Bonchev–Trinajstić information content (AvgIpc) is 3.19. The Bertz CT molecular complexity index is 762. The second-order valence-corrected chi connectivity index (χ2v) is 7.64. The molecule has 1 fully saturated rings. The van der Waals surface area contributed by atoms with E-state index in [-0.39, 0.29) is 12.2 Å². The van der Waals surface area contributed by atoms with Gasteiger partial charge in [-0.2, -0.15) is 0 Å². The molecule has 7 heteroatoms. The van der Waals surface area contributed by atoms with E-state index in [4.69, 9.17) is 14.2 Å². The molecule has 4 aliphatic rings. The van der Waals surface area contributed by atoms with Crippen LogP contribution in [0.2, 0.25) is 0 Å².